The molecular formula is C11H17N3S. The SMILES string of the molecule is Cc1cc(N)nc(SCC2CCCC2)n1. The molecule has 15 heavy (non-hydrogen) atoms. The predicted octanol–water partition coefficient (Wildman–Crippen LogP) is 2.65. The maximum Gasteiger partial charge on any atom is 0.189 e. The van der Waals surface area contributed by atoms with Gasteiger partial charge in [0, 0.05) is 17.5 Å². The zero-order chi connectivity index (χ0) is 10.7. The largest absolute Gasteiger partial charge is 0.384 e. The first-order valence-electron chi connectivity index (χ1n) is 5.48. The van der Waals surface area contributed by atoms with Gasteiger partial charge in [-0.2, -0.15) is 0 Å². The summed E-state index contributed by atoms with van der Waals surface area (Å²) >= 11 is 1.74. The molecule has 1 fully saturated rings. The molecule has 0 spiro atoms. The fourth-order valence-corrected chi connectivity index (χ4v) is 3.10. The van der Waals surface area contributed by atoms with Gasteiger partial charge in [0.1, 0.15) is 5.82 Å². The van der Waals surface area contributed by atoms with Crippen LogP contribution >= 0.6 is 11.8 Å². The number of hydrogen-bond acceptors (Lipinski definition) is 4. The molecule has 1 saturated carbocycles. The van der Waals surface area contributed by atoms with Crippen LogP contribution in [0.2, 0.25) is 0 Å². The standard InChI is InChI=1S/C11H17N3S/c1-8-6-10(12)14-11(13-8)15-7-9-4-2-3-5-9/h6,9H,2-5,7H2,1H3,(H2,12,13,14). The van der Waals surface area contributed by atoms with Crippen molar-refractivity contribution < 1.29 is 0 Å². The van der Waals surface area contributed by atoms with E-state index in [0.29, 0.717) is 5.82 Å². The summed E-state index contributed by atoms with van der Waals surface area (Å²) in [7, 11) is 0. The Morgan fingerprint density at radius 3 is 2.80 bits per heavy atom. The second kappa shape index (κ2) is 4.84. The third kappa shape index (κ3) is 3.09. The fourth-order valence-electron chi connectivity index (χ4n) is 2.00. The molecule has 1 heterocycles. The molecule has 0 saturated heterocycles. The van der Waals surface area contributed by atoms with E-state index in [4.69, 9.17) is 5.73 Å². The van der Waals surface area contributed by atoms with E-state index >= 15 is 0 Å². The number of rotatable bonds is 3. The quantitative estimate of drug-likeness (QED) is 0.632. The summed E-state index contributed by atoms with van der Waals surface area (Å²) in [6.07, 6.45) is 5.52. The van der Waals surface area contributed by atoms with Gasteiger partial charge in [0.2, 0.25) is 0 Å². The Morgan fingerprint density at radius 1 is 1.40 bits per heavy atom. The molecule has 0 bridgehead atoms. The minimum atomic E-state index is 0.580. The van der Waals surface area contributed by atoms with Gasteiger partial charge in [-0.25, -0.2) is 9.97 Å². The van der Waals surface area contributed by atoms with Crippen LogP contribution in [0, 0.1) is 12.8 Å². The number of nitrogens with two attached hydrogens (primary N) is 1. The van der Waals surface area contributed by atoms with Gasteiger partial charge in [-0.1, -0.05) is 24.6 Å². The summed E-state index contributed by atoms with van der Waals surface area (Å²) in [5, 5.41) is 0.833. The molecule has 3 nitrogen and oxygen atoms in total. The first-order valence-corrected chi connectivity index (χ1v) is 6.46. The number of nitrogens with zero attached hydrogens (tertiary/aromatic N) is 2. The highest BCUT2D eigenvalue weighted by molar-refractivity contribution is 7.99. The Kier molecular flexibility index (Phi) is 3.46. The van der Waals surface area contributed by atoms with Crippen LogP contribution in [0.15, 0.2) is 11.2 Å². The average molecular weight is 223 g/mol. The minimum absolute atomic E-state index is 0.580. The average Bonchev–Trinajstić information content (AvgIpc) is 2.65. The number of nitrogen functional groups attached to an aromatic ring is 1. The Bertz CT molecular complexity index is 314. The van der Waals surface area contributed by atoms with Crippen LogP contribution < -0.4 is 5.73 Å². The Hall–Kier alpha value is -0.770. The van der Waals surface area contributed by atoms with Gasteiger partial charge in [-0.15, -0.1) is 0 Å². The molecule has 4 heteroatoms. The van der Waals surface area contributed by atoms with E-state index < -0.39 is 0 Å². The summed E-state index contributed by atoms with van der Waals surface area (Å²) < 4.78 is 0. The van der Waals surface area contributed by atoms with Crippen LogP contribution in [0.3, 0.4) is 0 Å². The van der Waals surface area contributed by atoms with Crippen molar-refractivity contribution in [3.8, 4) is 0 Å². The number of hydrogen-bond donors (Lipinski definition) is 1. The highest BCUT2D eigenvalue weighted by Crippen LogP contribution is 2.29. The number of anilines is 1. The van der Waals surface area contributed by atoms with E-state index in [-0.39, 0.29) is 0 Å². The summed E-state index contributed by atoms with van der Waals surface area (Å²) in [5.41, 5.74) is 6.63. The van der Waals surface area contributed by atoms with Crippen molar-refractivity contribution in [3.05, 3.63) is 11.8 Å². The normalized spacial score (nSPS) is 17.1. The number of thioether (sulfide) groups is 1. The summed E-state index contributed by atoms with van der Waals surface area (Å²) in [4.78, 5) is 8.59. The lowest BCUT2D eigenvalue weighted by molar-refractivity contribution is 0.622. The highest BCUT2D eigenvalue weighted by Gasteiger charge is 2.15. The van der Waals surface area contributed by atoms with E-state index in [2.05, 4.69) is 9.97 Å². The van der Waals surface area contributed by atoms with E-state index in [9.17, 15) is 0 Å². The van der Waals surface area contributed by atoms with Crippen molar-refractivity contribution in [2.24, 2.45) is 5.92 Å². The first kappa shape index (κ1) is 10.7. The molecule has 0 unspecified atom stereocenters. The number of aryl methyl sites for hydroxylation is 1. The molecule has 1 aliphatic rings. The van der Waals surface area contributed by atoms with Crippen LogP contribution in [0.5, 0.6) is 0 Å². The highest BCUT2D eigenvalue weighted by atomic mass is 32.2. The van der Waals surface area contributed by atoms with Crippen LogP contribution in [0.4, 0.5) is 5.82 Å². The molecule has 82 valence electrons. The summed E-state index contributed by atoms with van der Waals surface area (Å²) in [5.74, 6) is 2.58. The fraction of sp³-hybridized carbons (Fsp3) is 0.636. The number of aromatic nitrogens is 2. The van der Waals surface area contributed by atoms with Gasteiger partial charge in [-0.05, 0) is 25.7 Å². The van der Waals surface area contributed by atoms with Crippen molar-refractivity contribution >= 4 is 17.6 Å². The Labute approximate surface area is 94.9 Å². The summed E-state index contributed by atoms with van der Waals surface area (Å²) in [6, 6.07) is 1.81. The lowest BCUT2D eigenvalue weighted by Crippen LogP contribution is -2.00. The molecule has 1 aromatic rings. The van der Waals surface area contributed by atoms with Crippen LogP contribution in [0.1, 0.15) is 31.4 Å². The molecule has 1 aromatic heterocycles. The third-order valence-corrected chi connectivity index (χ3v) is 3.86. The molecule has 2 rings (SSSR count). The molecular weight excluding hydrogens is 206 g/mol. The molecule has 1 aliphatic carbocycles. The lowest BCUT2D eigenvalue weighted by atomic mass is 10.1. The maximum absolute atomic E-state index is 5.68. The van der Waals surface area contributed by atoms with Crippen molar-refractivity contribution in [2.45, 2.75) is 37.8 Å². The van der Waals surface area contributed by atoms with Crippen LogP contribution in [-0.4, -0.2) is 15.7 Å². The van der Waals surface area contributed by atoms with Crippen molar-refractivity contribution in [3.63, 3.8) is 0 Å². The maximum atomic E-state index is 5.68. The van der Waals surface area contributed by atoms with Gasteiger partial charge in [-0.3, -0.25) is 0 Å². The molecule has 0 amide bonds. The molecule has 0 radical (unpaired) electrons. The van der Waals surface area contributed by atoms with Gasteiger partial charge in [0.25, 0.3) is 0 Å². The van der Waals surface area contributed by atoms with Crippen molar-refractivity contribution in [2.75, 3.05) is 11.5 Å². The second-order valence-electron chi connectivity index (χ2n) is 4.18. The van der Waals surface area contributed by atoms with E-state index in [1.807, 2.05) is 6.92 Å². The predicted molar refractivity (Wildman–Crippen MR) is 63.9 cm³/mol. The van der Waals surface area contributed by atoms with Crippen molar-refractivity contribution in [1.29, 1.82) is 0 Å². The van der Waals surface area contributed by atoms with Gasteiger partial charge in [0.05, 0.1) is 0 Å². The Balaban J connectivity index is 1.92. The topological polar surface area (TPSA) is 51.8 Å². The van der Waals surface area contributed by atoms with E-state index in [0.717, 1.165) is 22.5 Å². The van der Waals surface area contributed by atoms with Crippen LogP contribution in [0.25, 0.3) is 0 Å². The van der Waals surface area contributed by atoms with E-state index in [1.165, 1.54) is 25.7 Å². The first-order chi connectivity index (χ1) is 7.24. The van der Waals surface area contributed by atoms with Gasteiger partial charge in [0.15, 0.2) is 5.16 Å². The van der Waals surface area contributed by atoms with Gasteiger partial charge >= 0.3 is 0 Å². The smallest absolute Gasteiger partial charge is 0.189 e. The molecule has 0 atom stereocenters. The Morgan fingerprint density at radius 2 is 2.13 bits per heavy atom. The zero-order valence-corrected chi connectivity index (χ0v) is 9.89. The second-order valence-corrected chi connectivity index (χ2v) is 5.17. The lowest BCUT2D eigenvalue weighted by Gasteiger charge is -2.07. The monoisotopic (exact) mass is 223 g/mol. The molecule has 2 N–H and O–H groups in total. The summed E-state index contributed by atoms with van der Waals surface area (Å²) in [6.45, 7) is 1.96. The van der Waals surface area contributed by atoms with Crippen LogP contribution in [-0.2, 0) is 0 Å². The minimum Gasteiger partial charge on any atom is -0.384 e. The zero-order valence-electron chi connectivity index (χ0n) is 9.07. The molecule has 0 aliphatic heterocycles. The van der Waals surface area contributed by atoms with Crippen molar-refractivity contribution in [1.82, 2.24) is 9.97 Å². The van der Waals surface area contributed by atoms with Gasteiger partial charge < -0.3 is 5.73 Å². The van der Waals surface area contributed by atoms with E-state index in [1.54, 1.807) is 17.8 Å². The molecule has 0 aromatic carbocycles. The third-order valence-electron chi connectivity index (χ3n) is 2.78.